The van der Waals surface area contributed by atoms with Gasteiger partial charge in [-0.3, -0.25) is 10.1 Å². The number of hydrogen-bond acceptors (Lipinski definition) is 6. The lowest BCUT2D eigenvalue weighted by atomic mass is 10.1. The molecule has 4 rings (SSSR count). The largest absolute Gasteiger partial charge is 0.296 e. The minimum absolute atomic E-state index is 0.312. The van der Waals surface area contributed by atoms with Crippen molar-refractivity contribution in [2.24, 2.45) is 0 Å². The number of anilines is 1. The van der Waals surface area contributed by atoms with Crippen molar-refractivity contribution in [3.05, 3.63) is 81.6 Å². The number of carbonyl (C=O) groups is 1. The van der Waals surface area contributed by atoms with Crippen molar-refractivity contribution in [3.63, 3.8) is 0 Å². The Kier molecular flexibility index (Phi) is 5.73. The van der Waals surface area contributed by atoms with Crippen molar-refractivity contribution in [1.29, 1.82) is 0 Å². The SMILES string of the molecule is Cc1nc(-c2ccccc2F)sc1C(=O)Nc1nnc(CCc2ccccc2)s1. The van der Waals surface area contributed by atoms with E-state index in [1.807, 2.05) is 18.2 Å². The van der Waals surface area contributed by atoms with E-state index in [0.29, 0.717) is 26.3 Å². The molecule has 0 aliphatic carbocycles. The zero-order valence-corrected chi connectivity index (χ0v) is 17.2. The number of nitrogens with one attached hydrogen (secondary N) is 1. The molecule has 0 saturated carbocycles. The highest BCUT2D eigenvalue weighted by Gasteiger charge is 2.19. The van der Waals surface area contributed by atoms with Crippen LogP contribution in [0.25, 0.3) is 10.6 Å². The van der Waals surface area contributed by atoms with Gasteiger partial charge in [0.1, 0.15) is 20.7 Å². The second-order valence-electron chi connectivity index (χ2n) is 6.35. The Morgan fingerprint density at radius 1 is 1.00 bits per heavy atom. The highest BCUT2D eigenvalue weighted by atomic mass is 32.1. The van der Waals surface area contributed by atoms with Gasteiger partial charge in [0.2, 0.25) is 5.13 Å². The molecule has 4 aromatic rings. The lowest BCUT2D eigenvalue weighted by Crippen LogP contribution is -2.11. The average molecular weight is 425 g/mol. The van der Waals surface area contributed by atoms with Crippen LogP contribution in [0.2, 0.25) is 0 Å². The first kappa shape index (κ1) is 19.4. The Morgan fingerprint density at radius 2 is 1.76 bits per heavy atom. The molecule has 8 heteroatoms. The van der Waals surface area contributed by atoms with Gasteiger partial charge in [-0.05, 0) is 31.0 Å². The molecule has 0 atom stereocenters. The van der Waals surface area contributed by atoms with E-state index in [-0.39, 0.29) is 11.7 Å². The van der Waals surface area contributed by atoms with E-state index >= 15 is 0 Å². The quantitative estimate of drug-likeness (QED) is 0.465. The predicted octanol–water partition coefficient (Wildman–Crippen LogP) is 5.15. The Hall–Kier alpha value is -2.97. The van der Waals surface area contributed by atoms with Crippen LogP contribution in [0, 0.1) is 12.7 Å². The third-order valence-electron chi connectivity index (χ3n) is 4.26. The number of benzene rings is 2. The van der Waals surface area contributed by atoms with E-state index in [4.69, 9.17) is 0 Å². The number of hydrogen-bond donors (Lipinski definition) is 1. The smallest absolute Gasteiger partial charge is 0.269 e. The Labute approximate surface area is 175 Å². The summed E-state index contributed by atoms with van der Waals surface area (Å²) < 4.78 is 14.0. The van der Waals surface area contributed by atoms with E-state index in [1.165, 1.54) is 23.0 Å². The first-order chi connectivity index (χ1) is 14.1. The van der Waals surface area contributed by atoms with Gasteiger partial charge in [0.25, 0.3) is 5.91 Å². The van der Waals surface area contributed by atoms with Crippen LogP contribution in [0.1, 0.15) is 25.9 Å². The van der Waals surface area contributed by atoms with Gasteiger partial charge < -0.3 is 0 Å². The van der Waals surface area contributed by atoms with Crippen molar-refractivity contribution in [2.45, 2.75) is 19.8 Å². The number of thiazole rings is 1. The van der Waals surface area contributed by atoms with Gasteiger partial charge in [-0.25, -0.2) is 9.37 Å². The maximum atomic E-state index is 14.0. The zero-order valence-electron chi connectivity index (χ0n) is 15.6. The summed E-state index contributed by atoms with van der Waals surface area (Å²) >= 11 is 2.52. The van der Waals surface area contributed by atoms with Crippen molar-refractivity contribution < 1.29 is 9.18 Å². The number of nitrogens with zero attached hydrogens (tertiary/aromatic N) is 3. The van der Waals surface area contributed by atoms with Crippen molar-refractivity contribution in [3.8, 4) is 10.6 Å². The first-order valence-corrected chi connectivity index (χ1v) is 10.6. The normalized spacial score (nSPS) is 10.8. The molecule has 29 heavy (non-hydrogen) atoms. The monoisotopic (exact) mass is 424 g/mol. The van der Waals surface area contributed by atoms with Crippen LogP contribution in [0.3, 0.4) is 0 Å². The summed E-state index contributed by atoms with van der Waals surface area (Å²) in [6.45, 7) is 1.74. The molecule has 1 amide bonds. The van der Waals surface area contributed by atoms with Crippen LogP contribution in [0.5, 0.6) is 0 Å². The molecule has 0 saturated heterocycles. The van der Waals surface area contributed by atoms with Gasteiger partial charge >= 0.3 is 0 Å². The number of amides is 1. The number of carbonyl (C=O) groups excluding carboxylic acids is 1. The van der Waals surface area contributed by atoms with Gasteiger partial charge in [-0.15, -0.1) is 21.5 Å². The molecule has 0 bridgehead atoms. The van der Waals surface area contributed by atoms with E-state index in [1.54, 1.807) is 25.1 Å². The van der Waals surface area contributed by atoms with Gasteiger partial charge in [0.05, 0.1) is 5.69 Å². The van der Waals surface area contributed by atoms with Crippen LogP contribution in [-0.2, 0) is 12.8 Å². The Morgan fingerprint density at radius 3 is 2.55 bits per heavy atom. The molecule has 1 N–H and O–H groups in total. The van der Waals surface area contributed by atoms with Gasteiger partial charge in [0.15, 0.2) is 0 Å². The van der Waals surface area contributed by atoms with E-state index in [2.05, 4.69) is 32.6 Å². The fraction of sp³-hybridized carbons (Fsp3) is 0.143. The molecule has 0 radical (unpaired) electrons. The fourth-order valence-electron chi connectivity index (χ4n) is 2.81. The van der Waals surface area contributed by atoms with Crippen LogP contribution < -0.4 is 5.32 Å². The molecular weight excluding hydrogens is 407 g/mol. The molecule has 0 unspecified atom stereocenters. The number of halogens is 1. The van der Waals surface area contributed by atoms with Crippen LogP contribution in [0.15, 0.2) is 54.6 Å². The molecule has 5 nitrogen and oxygen atoms in total. The molecule has 0 fully saturated rings. The van der Waals surface area contributed by atoms with Crippen LogP contribution in [-0.4, -0.2) is 21.1 Å². The standard InChI is InChI=1S/C21H17FN4OS2/c1-13-18(29-20(23-13)15-9-5-6-10-16(15)22)19(27)24-21-26-25-17(28-21)12-11-14-7-3-2-4-8-14/h2-10H,11-12H2,1H3,(H,24,26,27). The summed E-state index contributed by atoms with van der Waals surface area (Å²) in [4.78, 5) is 17.4. The third kappa shape index (κ3) is 4.55. The van der Waals surface area contributed by atoms with E-state index in [0.717, 1.165) is 29.2 Å². The molecule has 0 aliphatic rings. The van der Waals surface area contributed by atoms with Crippen LogP contribution >= 0.6 is 22.7 Å². The highest BCUT2D eigenvalue weighted by Crippen LogP contribution is 2.30. The summed E-state index contributed by atoms with van der Waals surface area (Å²) in [5.41, 5.74) is 2.17. The second-order valence-corrected chi connectivity index (χ2v) is 8.42. The summed E-state index contributed by atoms with van der Waals surface area (Å²) in [5, 5.41) is 12.8. The molecule has 0 spiro atoms. The maximum Gasteiger partial charge on any atom is 0.269 e. The topological polar surface area (TPSA) is 67.8 Å². The van der Waals surface area contributed by atoms with Crippen LogP contribution in [0.4, 0.5) is 9.52 Å². The Bertz CT molecular complexity index is 1140. The second kappa shape index (κ2) is 8.59. The van der Waals surface area contributed by atoms with Gasteiger partial charge in [0, 0.05) is 12.0 Å². The van der Waals surface area contributed by atoms with Crippen molar-refractivity contribution in [1.82, 2.24) is 15.2 Å². The lowest BCUT2D eigenvalue weighted by Gasteiger charge is -1.99. The van der Waals surface area contributed by atoms with E-state index in [9.17, 15) is 9.18 Å². The van der Waals surface area contributed by atoms with Crippen molar-refractivity contribution >= 4 is 33.7 Å². The summed E-state index contributed by atoms with van der Waals surface area (Å²) in [6, 6.07) is 16.5. The minimum Gasteiger partial charge on any atom is -0.296 e. The average Bonchev–Trinajstić information content (AvgIpc) is 3.34. The zero-order chi connectivity index (χ0) is 20.2. The fourth-order valence-corrected chi connectivity index (χ4v) is 4.53. The lowest BCUT2D eigenvalue weighted by molar-refractivity contribution is 0.102. The predicted molar refractivity (Wildman–Crippen MR) is 114 cm³/mol. The number of aromatic nitrogens is 3. The molecule has 2 heterocycles. The molecule has 2 aromatic heterocycles. The molecule has 2 aromatic carbocycles. The van der Waals surface area contributed by atoms with E-state index < -0.39 is 0 Å². The highest BCUT2D eigenvalue weighted by molar-refractivity contribution is 7.17. The first-order valence-electron chi connectivity index (χ1n) is 9.00. The summed E-state index contributed by atoms with van der Waals surface area (Å²) in [6.07, 6.45) is 1.62. The maximum absolute atomic E-state index is 14.0. The minimum atomic E-state index is -0.361. The number of aryl methyl sites for hydroxylation is 3. The van der Waals surface area contributed by atoms with Gasteiger partial charge in [-0.1, -0.05) is 53.8 Å². The molecular formula is C21H17FN4OS2. The summed E-state index contributed by atoms with van der Waals surface area (Å²) in [7, 11) is 0. The van der Waals surface area contributed by atoms with Crippen molar-refractivity contribution in [2.75, 3.05) is 5.32 Å². The third-order valence-corrected chi connectivity index (χ3v) is 6.35. The Balaban J connectivity index is 1.44. The summed E-state index contributed by atoms with van der Waals surface area (Å²) in [5.74, 6) is -0.672. The number of rotatable bonds is 6. The molecule has 146 valence electrons. The van der Waals surface area contributed by atoms with Gasteiger partial charge in [-0.2, -0.15) is 0 Å². The molecule has 0 aliphatic heterocycles.